The minimum absolute atomic E-state index is 0.00930. The first-order valence-electron chi connectivity index (χ1n) is 9.47. The summed E-state index contributed by atoms with van der Waals surface area (Å²) in [5.41, 5.74) is 2.18. The third-order valence-electron chi connectivity index (χ3n) is 5.43. The monoisotopic (exact) mass is 433 g/mol. The van der Waals surface area contributed by atoms with Crippen LogP contribution in [-0.2, 0) is 18.4 Å². The second kappa shape index (κ2) is 8.26. The van der Waals surface area contributed by atoms with Gasteiger partial charge in [-0.3, -0.25) is 14.5 Å². The zero-order chi connectivity index (χ0) is 20.5. The number of likely N-dealkylation sites (tertiary alicyclic amines) is 1. The number of carbonyl (C=O) groups excluding carboxylic acids is 1. The Kier molecular flexibility index (Phi) is 5.72. The standard InChI is InChI=1S/C21H21ClFN3O2S/c1-25-18-5-4-16(11-19(18)29-21(25)28)24-20(27)13-6-8-26(9-7-13)12-14-2-3-15(22)10-17(14)23/h2-5,10-11,13H,6-9,12H2,1H3,(H,24,27). The van der Waals surface area contributed by atoms with E-state index in [0.717, 1.165) is 36.1 Å². The molecule has 0 saturated carbocycles. The van der Waals surface area contributed by atoms with Crippen molar-refractivity contribution >= 4 is 44.7 Å². The number of carbonyl (C=O) groups is 1. The van der Waals surface area contributed by atoms with Gasteiger partial charge in [-0.2, -0.15) is 0 Å². The Balaban J connectivity index is 1.34. The Bertz CT molecular complexity index is 1120. The molecule has 2 heterocycles. The van der Waals surface area contributed by atoms with Crippen molar-refractivity contribution in [3.05, 3.63) is 62.5 Å². The summed E-state index contributed by atoms with van der Waals surface area (Å²) in [6, 6.07) is 10.3. The minimum Gasteiger partial charge on any atom is -0.326 e. The van der Waals surface area contributed by atoms with Gasteiger partial charge in [0.25, 0.3) is 0 Å². The maximum Gasteiger partial charge on any atom is 0.307 e. The maximum absolute atomic E-state index is 14.0. The van der Waals surface area contributed by atoms with Gasteiger partial charge >= 0.3 is 4.87 Å². The largest absolute Gasteiger partial charge is 0.326 e. The molecule has 152 valence electrons. The molecule has 1 aliphatic heterocycles. The molecule has 4 rings (SSSR count). The van der Waals surface area contributed by atoms with Gasteiger partial charge in [0.15, 0.2) is 0 Å². The first-order chi connectivity index (χ1) is 13.9. The summed E-state index contributed by atoms with van der Waals surface area (Å²) in [7, 11) is 1.74. The summed E-state index contributed by atoms with van der Waals surface area (Å²) in [6.07, 6.45) is 1.45. The molecule has 5 nitrogen and oxygen atoms in total. The number of hydrogen-bond donors (Lipinski definition) is 1. The smallest absolute Gasteiger partial charge is 0.307 e. The number of thiazole rings is 1. The quantitative estimate of drug-likeness (QED) is 0.669. The Morgan fingerprint density at radius 2 is 2.00 bits per heavy atom. The van der Waals surface area contributed by atoms with Crippen LogP contribution in [0, 0.1) is 11.7 Å². The van der Waals surface area contributed by atoms with Gasteiger partial charge in [-0.15, -0.1) is 0 Å². The number of rotatable bonds is 4. The number of anilines is 1. The van der Waals surface area contributed by atoms with Gasteiger partial charge in [-0.05, 0) is 56.3 Å². The van der Waals surface area contributed by atoms with Crippen molar-refractivity contribution in [2.75, 3.05) is 18.4 Å². The van der Waals surface area contributed by atoms with Crippen molar-refractivity contribution in [3.63, 3.8) is 0 Å². The highest BCUT2D eigenvalue weighted by molar-refractivity contribution is 7.16. The summed E-state index contributed by atoms with van der Waals surface area (Å²) < 4.78 is 16.5. The minimum atomic E-state index is -0.295. The number of nitrogens with zero attached hydrogens (tertiary/aromatic N) is 2. The molecule has 0 bridgehead atoms. The third-order valence-corrected chi connectivity index (χ3v) is 6.66. The normalized spacial score (nSPS) is 15.7. The van der Waals surface area contributed by atoms with E-state index in [1.165, 1.54) is 17.4 Å². The molecule has 29 heavy (non-hydrogen) atoms. The van der Waals surface area contributed by atoms with Crippen molar-refractivity contribution in [1.82, 2.24) is 9.47 Å². The molecule has 1 N–H and O–H groups in total. The number of benzene rings is 2. The fourth-order valence-corrected chi connectivity index (χ4v) is 4.78. The lowest BCUT2D eigenvalue weighted by Crippen LogP contribution is -2.37. The van der Waals surface area contributed by atoms with Gasteiger partial charge in [0.1, 0.15) is 5.82 Å². The topological polar surface area (TPSA) is 54.3 Å². The van der Waals surface area contributed by atoms with Crippen LogP contribution < -0.4 is 10.2 Å². The van der Waals surface area contributed by atoms with E-state index in [2.05, 4.69) is 10.2 Å². The molecule has 8 heteroatoms. The zero-order valence-corrected chi connectivity index (χ0v) is 17.5. The highest BCUT2D eigenvalue weighted by atomic mass is 35.5. The van der Waals surface area contributed by atoms with E-state index in [0.29, 0.717) is 22.8 Å². The van der Waals surface area contributed by atoms with Crippen LogP contribution in [0.2, 0.25) is 5.02 Å². The average molecular weight is 434 g/mol. The summed E-state index contributed by atoms with van der Waals surface area (Å²) >= 11 is 6.98. The molecule has 0 unspecified atom stereocenters. The van der Waals surface area contributed by atoms with Gasteiger partial charge in [-0.1, -0.05) is 29.0 Å². The van der Waals surface area contributed by atoms with Gasteiger partial charge < -0.3 is 9.88 Å². The van der Waals surface area contributed by atoms with Crippen molar-refractivity contribution in [2.45, 2.75) is 19.4 Å². The predicted molar refractivity (Wildman–Crippen MR) is 115 cm³/mol. The average Bonchev–Trinajstić information content (AvgIpc) is 2.98. The van der Waals surface area contributed by atoms with Gasteiger partial charge in [0, 0.05) is 35.8 Å². The summed E-state index contributed by atoms with van der Waals surface area (Å²) in [4.78, 5) is 26.6. The van der Waals surface area contributed by atoms with Crippen LogP contribution >= 0.6 is 22.9 Å². The second-order valence-electron chi connectivity index (χ2n) is 7.38. The highest BCUT2D eigenvalue weighted by Gasteiger charge is 2.25. The first-order valence-corrected chi connectivity index (χ1v) is 10.7. The molecular weight excluding hydrogens is 413 g/mol. The Morgan fingerprint density at radius 3 is 2.72 bits per heavy atom. The van der Waals surface area contributed by atoms with Crippen LogP contribution in [0.25, 0.3) is 10.2 Å². The highest BCUT2D eigenvalue weighted by Crippen LogP contribution is 2.25. The van der Waals surface area contributed by atoms with Gasteiger partial charge in [0.05, 0.1) is 10.2 Å². The van der Waals surface area contributed by atoms with Crippen molar-refractivity contribution < 1.29 is 9.18 Å². The number of nitrogens with one attached hydrogen (secondary N) is 1. The van der Waals surface area contributed by atoms with Crippen molar-refractivity contribution in [2.24, 2.45) is 13.0 Å². The lowest BCUT2D eigenvalue weighted by Gasteiger charge is -2.31. The molecule has 1 aliphatic rings. The van der Waals surface area contributed by atoms with Gasteiger partial charge in [0.2, 0.25) is 5.91 Å². The van der Waals surface area contributed by atoms with Crippen molar-refractivity contribution in [1.29, 1.82) is 0 Å². The number of fused-ring (bicyclic) bond motifs is 1. The third kappa shape index (κ3) is 4.37. The molecule has 0 aliphatic carbocycles. The van der Waals surface area contributed by atoms with E-state index in [1.54, 1.807) is 23.7 Å². The molecule has 0 spiro atoms. The number of halogens is 2. The van der Waals surface area contributed by atoms with Crippen LogP contribution in [-0.4, -0.2) is 28.5 Å². The van der Waals surface area contributed by atoms with E-state index < -0.39 is 0 Å². The lowest BCUT2D eigenvalue weighted by atomic mass is 9.95. The first kappa shape index (κ1) is 20.1. The molecule has 1 saturated heterocycles. The Morgan fingerprint density at radius 1 is 1.24 bits per heavy atom. The zero-order valence-electron chi connectivity index (χ0n) is 16.0. The van der Waals surface area contributed by atoms with Crippen LogP contribution in [0.4, 0.5) is 10.1 Å². The summed E-state index contributed by atoms with van der Waals surface area (Å²) in [5.74, 6) is -0.382. The molecule has 0 radical (unpaired) electrons. The summed E-state index contributed by atoms with van der Waals surface area (Å²) in [6.45, 7) is 1.99. The molecule has 1 aromatic heterocycles. The van der Waals surface area contributed by atoms with E-state index in [-0.39, 0.29) is 22.5 Å². The van der Waals surface area contributed by atoms with Crippen LogP contribution in [0.15, 0.2) is 41.2 Å². The number of piperidine rings is 1. The molecular formula is C21H21ClFN3O2S. The van der Waals surface area contributed by atoms with Crippen LogP contribution in [0.5, 0.6) is 0 Å². The van der Waals surface area contributed by atoms with Crippen LogP contribution in [0.3, 0.4) is 0 Å². The molecule has 3 aromatic rings. The van der Waals surface area contributed by atoms with E-state index in [1.807, 2.05) is 18.2 Å². The predicted octanol–water partition coefficient (Wildman–Crippen LogP) is 4.24. The lowest BCUT2D eigenvalue weighted by molar-refractivity contribution is -0.121. The Labute approximate surface area is 176 Å². The molecule has 1 fully saturated rings. The summed E-state index contributed by atoms with van der Waals surface area (Å²) in [5, 5.41) is 3.37. The fraction of sp³-hybridized carbons (Fsp3) is 0.333. The SMILES string of the molecule is Cn1c(=O)sc2cc(NC(=O)C3CCN(Cc4ccc(Cl)cc4F)CC3)ccc21. The van der Waals surface area contributed by atoms with E-state index >= 15 is 0 Å². The Hall–Kier alpha value is -2.22. The van der Waals surface area contributed by atoms with Crippen LogP contribution in [0.1, 0.15) is 18.4 Å². The molecule has 0 atom stereocenters. The maximum atomic E-state index is 14.0. The number of hydrogen-bond acceptors (Lipinski definition) is 4. The number of aryl methyl sites for hydroxylation is 1. The van der Waals surface area contributed by atoms with Gasteiger partial charge in [-0.25, -0.2) is 4.39 Å². The van der Waals surface area contributed by atoms with Crippen molar-refractivity contribution in [3.8, 4) is 0 Å². The van der Waals surface area contributed by atoms with E-state index in [4.69, 9.17) is 11.6 Å². The number of amides is 1. The molecule has 1 amide bonds. The number of aromatic nitrogens is 1. The fourth-order valence-electron chi connectivity index (χ4n) is 3.70. The van der Waals surface area contributed by atoms with E-state index in [9.17, 15) is 14.0 Å². The molecule has 2 aromatic carbocycles. The second-order valence-corrected chi connectivity index (χ2v) is 8.81.